The van der Waals surface area contributed by atoms with Crippen molar-refractivity contribution < 1.29 is 9.53 Å². The first kappa shape index (κ1) is 12.7. The van der Waals surface area contributed by atoms with Crippen LogP contribution in [0.5, 0.6) is 5.75 Å². The van der Waals surface area contributed by atoms with Crippen LogP contribution < -0.4 is 15.4 Å². The van der Waals surface area contributed by atoms with Gasteiger partial charge in [-0.3, -0.25) is 0 Å². The topological polar surface area (TPSA) is 50.4 Å². The Bertz CT molecular complexity index is 418. The quantitative estimate of drug-likeness (QED) is 0.845. The SMILES string of the molecule is CC(C)NC(=O)NC1CCCOc2ccccc21. The van der Waals surface area contributed by atoms with Crippen LogP contribution in [0.1, 0.15) is 38.3 Å². The van der Waals surface area contributed by atoms with Gasteiger partial charge in [0.25, 0.3) is 0 Å². The van der Waals surface area contributed by atoms with Crippen molar-refractivity contribution in [2.75, 3.05) is 6.61 Å². The number of carbonyl (C=O) groups excluding carboxylic acids is 1. The van der Waals surface area contributed by atoms with Gasteiger partial charge in [-0.25, -0.2) is 4.79 Å². The Morgan fingerprint density at radius 3 is 2.94 bits per heavy atom. The van der Waals surface area contributed by atoms with Crippen molar-refractivity contribution in [1.29, 1.82) is 0 Å². The summed E-state index contributed by atoms with van der Waals surface area (Å²) in [6, 6.07) is 7.95. The molecule has 4 heteroatoms. The number of fused-ring (bicyclic) bond motifs is 1. The summed E-state index contributed by atoms with van der Waals surface area (Å²) in [5.74, 6) is 0.879. The summed E-state index contributed by atoms with van der Waals surface area (Å²) in [4.78, 5) is 11.8. The Kier molecular flexibility index (Phi) is 4.07. The largest absolute Gasteiger partial charge is 0.493 e. The van der Waals surface area contributed by atoms with Crippen LogP contribution in [0.4, 0.5) is 4.79 Å². The monoisotopic (exact) mass is 248 g/mol. The highest BCUT2D eigenvalue weighted by Crippen LogP contribution is 2.30. The van der Waals surface area contributed by atoms with Crippen LogP contribution in [0, 0.1) is 0 Å². The van der Waals surface area contributed by atoms with E-state index in [9.17, 15) is 4.79 Å². The number of benzene rings is 1. The highest BCUT2D eigenvalue weighted by molar-refractivity contribution is 5.74. The second-order valence-corrected chi connectivity index (χ2v) is 4.85. The molecule has 2 N–H and O–H groups in total. The van der Waals surface area contributed by atoms with E-state index in [4.69, 9.17) is 4.74 Å². The fourth-order valence-corrected chi connectivity index (χ4v) is 2.14. The molecule has 0 bridgehead atoms. The lowest BCUT2D eigenvalue weighted by Gasteiger charge is -2.19. The van der Waals surface area contributed by atoms with Gasteiger partial charge in [0.2, 0.25) is 0 Å². The van der Waals surface area contributed by atoms with Crippen molar-refractivity contribution in [1.82, 2.24) is 10.6 Å². The Morgan fingerprint density at radius 2 is 2.17 bits per heavy atom. The zero-order valence-electron chi connectivity index (χ0n) is 10.9. The van der Waals surface area contributed by atoms with Gasteiger partial charge in [-0.2, -0.15) is 0 Å². The summed E-state index contributed by atoms with van der Waals surface area (Å²) in [6.07, 6.45) is 1.85. The molecule has 1 heterocycles. The van der Waals surface area contributed by atoms with Crippen LogP contribution in [0.15, 0.2) is 24.3 Å². The molecule has 0 fully saturated rings. The van der Waals surface area contributed by atoms with Crippen LogP contribution in [0.2, 0.25) is 0 Å². The maximum atomic E-state index is 11.8. The average molecular weight is 248 g/mol. The Labute approximate surface area is 108 Å². The standard InChI is InChI=1S/C14H20N2O2/c1-10(2)15-14(17)16-12-7-5-9-18-13-8-4-3-6-11(12)13/h3-4,6,8,10,12H,5,7,9H2,1-2H3,(H2,15,16,17). The first-order valence-corrected chi connectivity index (χ1v) is 6.45. The predicted octanol–water partition coefficient (Wildman–Crippen LogP) is 2.61. The molecular weight excluding hydrogens is 228 g/mol. The lowest BCUT2D eigenvalue weighted by Crippen LogP contribution is -2.41. The fourth-order valence-electron chi connectivity index (χ4n) is 2.14. The van der Waals surface area contributed by atoms with E-state index >= 15 is 0 Å². The fraction of sp³-hybridized carbons (Fsp3) is 0.500. The van der Waals surface area contributed by atoms with Crippen LogP contribution in [-0.4, -0.2) is 18.7 Å². The molecular formula is C14H20N2O2. The van der Waals surface area contributed by atoms with E-state index in [2.05, 4.69) is 10.6 Å². The van der Waals surface area contributed by atoms with Crippen molar-refractivity contribution in [2.45, 2.75) is 38.8 Å². The highest BCUT2D eigenvalue weighted by Gasteiger charge is 2.21. The predicted molar refractivity (Wildman–Crippen MR) is 70.7 cm³/mol. The maximum Gasteiger partial charge on any atom is 0.315 e. The van der Waals surface area contributed by atoms with Crippen LogP contribution in [-0.2, 0) is 0 Å². The third-order valence-electron chi connectivity index (χ3n) is 2.91. The van der Waals surface area contributed by atoms with E-state index in [1.165, 1.54) is 0 Å². The number of ether oxygens (including phenoxy) is 1. The van der Waals surface area contributed by atoms with Gasteiger partial charge in [0.1, 0.15) is 5.75 Å². The smallest absolute Gasteiger partial charge is 0.315 e. The molecule has 1 aromatic carbocycles. The third kappa shape index (κ3) is 3.15. The molecule has 0 radical (unpaired) electrons. The van der Waals surface area contributed by atoms with Gasteiger partial charge in [-0.1, -0.05) is 18.2 Å². The van der Waals surface area contributed by atoms with Crippen LogP contribution in [0.3, 0.4) is 0 Å². The Balaban J connectivity index is 2.10. The van der Waals surface area contributed by atoms with E-state index in [0.717, 1.165) is 24.2 Å². The van der Waals surface area contributed by atoms with E-state index < -0.39 is 0 Å². The van der Waals surface area contributed by atoms with Crippen molar-refractivity contribution >= 4 is 6.03 Å². The molecule has 2 rings (SSSR count). The number of carbonyl (C=O) groups is 1. The summed E-state index contributed by atoms with van der Waals surface area (Å²) < 4.78 is 5.67. The molecule has 1 aliphatic heterocycles. The van der Waals surface area contributed by atoms with Crippen molar-refractivity contribution in [3.63, 3.8) is 0 Å². The summed E-state index contributed by atoms with van der Waals surface area (Å²) in [5, 5.41) is 5.87. The molecule has 0 saturated heterocycles. The second kappa shape index (κ2) is 5.76. The average Bonchev–Trinajstić information content (AvgIpc) is 2.51. The van der Waals surface area contributed by atoms with Gasteiger partial charge in [-0.05, 0) is 32.8 Å². The van der Waals surface area contributed by atoms with E-state index in [0.29, 0.717) is 6.61 Å². The summed E-state index contributed by atoms with van der Waals surface area (Å²) in [6.45, 7) is 4.61. The Morgan fingerprint density at radius 1 is 1.39 bits per heavy atom. The minimum absolute atomic E-state index is 0.0300. The summed E-state index contributed by atoms with van der Waals surface area (Å²) in [7, 11) is 0. The summed E-state index contributed by atoms with van der Waals surface area (Å²) in [5.41, 5.74) is 1.06. The van der Waals surface area contributed by atoms with Crippen molar-refractivity contribution in [3.8, 4) is 5.75 Å². The van der Waals surface area contributed by atoms with Crippen molar-refractivity contribution in [3.05, 3.63) is 29.8 Å². The lowest BCUT2D eigenvalue weighted by molar-refractivity contribution is 0.234. The number of nitrogens with one attached hydrogen (secondary N) is 2. The molecule has 1 aromatic rings. The normalized spacial score (nSPS) is 18.5. The van der Waals surface area contributed by atoms with Gasteiger partial charge in [0.05, 0.1) is 12.6 Å². The van der Waals surface area contributed by atoms with Gasteiger partial charge in [-0.15, -0.1) is 0 Å². The van der Waals surface area contributed by atoms with E-state index in [1.54, 1.807) is 0 Å². The zero-order chi connectivity index (χ0) is 13.0. The molecule has 1 atom stereocenters. The molecule has 0 aliphatic carbocycles. The minimum Gasteiger partial charge on any atom is -0.493 e. The molecule has 4 nitrogen and oxygen atoms in total. The van der Waals surface area contributed by atoms with Crippen LogP contribution >= 0.6 is 0 Å². The zero-order valence-corrected chi connectivity index (χ0v) is 10.9. The first-order chi connectivity index (χ1) is 8.66. The van der Waals surface area contributed by atoms with E-state index in [-0.39, 0.29) is 18.1 Å². The first-order valence-electron chi connectivity index (χ1n) is 6.45. The molecule has 1 unspecified atom stereocenters. The van der Waals surface area contributed by atoms with Crippen LogP contribution in [0.25, 0.3) is 0 Å². The molecule has 2 amide bonds. The second-order valence-electron chi connectivity index (χ2n) is 4.85. The highest BCUT2D eigenvalue weighted by atomic mass is 16.5. The number of amides is 2. The minimum atomic E-state index is -0.119. The van der Waals surface area contributed by atoms with Gasteiger partial charge < -0.3 is 15.4 Å². The maximum absolute atomic E-state index is 11.8. The molecule has 0 spiro atoms. The number of hydrogen-bond donors (Lipinski definition) is 2. The number of rotatable bonds is 2. The molecule has 0 aromatic heterocycles. The third-order valence-corrected chi connectivity index (χ3v) is 2.91. The lowest BCUT2D eigenvalue weighted by atomic mass is 10.0. The van der Waals surface area contributed by atoms with Gasteiger partial charge in [0.15, 0.2) is 0 Å². The molecule has 18 heavy (non-hydrogen) atoms. The molecule has 1 aliphatic rings. The summed E-state index contributed by atoms with van der Waals surface area (Å²) >= 11 is 0. The van der Waals surface area contributed by atoms with Crippen molar-refractivity contribution in [2.24, 2.45) is 0 Å². The number of para-hydroxylation sites is 1. The Hall–Kier alpha value is -1.71. The number of hydrogen-bond acceptors (Lipinski definition) is 2. The molecule has 0 saturated carbocycles. The van der Waals surface area contributed by atoms with Gasteiger partial charge in [0, 0.05) is 11.6 Å². The van der Waals surface area contributed by atoms with Gasteiger partial charge >= 0.3 is 6.03 Å². The van der Waals surface area contributed by atoms with E-state index in [1.807, 2.05) is 38.1 Å². The number of urea groups is 1. The molecule has 98 valence electrons.